The van der Waals surface area contributed by atoms with Crippen molar-refractivity contribution in [3.63, 3.8) is 0 Å². The van der Waals surface area contributed by atoms with E-state index in [-0.39, 0.29) is 28.5 Å². The summed E-state index contributed by atoms with van der Waals surface area (Å²) in [7, 11) is 1.25. The van der Waals surface area contributed by atoms with Gasteiger partial charge in [-0.1, -0.05) is 32.0 Å². The highest BCUT2D eigenvalue weighted by atomic mass is 16.5. The van der Waals surface area contributed by atoms with Crippen LogP contribution in [-0.2, 0) is 14.3 Å². The van der Waals surface area contributed by atoms with Crippen LogP contribution in [0.2, 0.25) is 0 Å². The molecule has 6 nitrogen and oxygen atoms in total. The van der Waals surface area contributed by atoms with Crippen LogP contribution in [0.4, 0.5) is 0 Å². The third kappa shape index (κ3) is 3.63. The van der Waals surface area contributed by atoms with E-state index in [9.17, 15) is 19.5 Å². The molecule has 0 saturated heterocycles. The highest BCUT2D eigenvalue weighted by molar-refractivity contribution is 6.16. The summed E-state index contributed by atoms with van der Waals surface area (Å²) in [5.41, 5.74) is 1.27. The van der Waals surface area contributed by atoms with E-state index < -0.39 is 11.9 Å². The maximum Gasteiger partial charge on any atom is 0.340 e. The quantitative estimate of drug-likeness (QED) is 0.656. The molecule has 0 fully saturated rings. The van der Waals surface area contributed by atoms with Gasteiger partial charge in [0.1, 0.15) is 0 Å². The second-order valence-electron chi connectivity index (χ2n) is 6.21. The molecule has 1 heterocycles. The van der Waals surface area contributed by atoms with Crippen LogP contribution in [0, 0.1) is 5.92 Å². The monoisotopic (exact) mass is 343 g/mol. The number of allylic oxidation sites excluding steroid dienone is 1. The molecule has 0 spiro atoms. The molecule has 0 aliphatic carbocycles. The number of nitrogens with zero attached hydrogens (tertiary/aromatic N) is 1. The van der Waals surface area contributed by atoms with Gasteiger partial charge in [0, 0.05) is 12.2 Å². The first-order valence-corrected chi connectivity index (χ1v) is 7.93. The number of aromatic carboxylic acids is 1. The summed E-state index contributed by atoms with van der Waals surface area (Å²) in [6.45, 7) is 6.10. The van der Waals surface area contributed by atoms with E-state index in [1.807, 2.05) is 13.8 Å². The maximum absolute atomic E-state index is 12.8. The number of amides is 1. The van der Waals surface area contributed by atoms with Gasteiger partial charge in [0.15, 0.2) is 0 Å². The SMILES string of the molecule is COC(=O)C1=C(C)N(CC(C)C)C(=O)/C1=C\c1ccccc1C(=O)O. The molecular weight excluding hydrogens is 322 g/mol. The third-order valence-corrected chi connectivity index (χ3v) is 3.94. The van der Waals surface area contributed by atoms with Gasteiger partial charge in [-0.05, 0) is 30.5 Å². The zero-order chi connectivity index (χ0) is 18.7. The molecule has 1 aromatic rings. The molecule has 25 heavy (non-hydrogen) atoms. The molecule has 1 N–H and O–H groups in total. The smallest absolute Gasteiger partial charge is 0.340 e. The van der Waals surface area contributed by atoms with Crippen LogP contribution in [0.25, 0.3) is 6.08 Å². The van der Waals surface area contributed by atoms with Crippen molar-refractivity contribution in [2.75, 3.05) is 13.7 Å². The minimum atomic E-state index is -1.10. The normalized spacial score (nSPS) is 16.1. The number of hydrogen-bond acceptors (Lipinski definition) is 4. The van der Waals surface area contributed by atoms with Crippen molar-refractivity contribution in [1.82, 2.24) is 4.90 Å². The zero-order valence-electron chi connectivity index (χ0n) is 14.7. The predicted molar refractivity (Wildman–Crippen MR) is 92.6 cm³/mol. The number of benzene rings is 1. The summed E-state index contributed by atoms with van der Waals surface area (Å²) >= 11 is 0. The third-order valence-electron chi connectivity index (χ3n) is 3.94. The summed E-state index contributed by atoms with van der Waals surface area (Å²) in [5, 5.41) is 9.32. The molecule has 0 radical (unpaired) electrons. The van der Waals surface area contributed by atoms with Gasteiger partial charge in [0.05, 0.1) is 23.8 Å². The van der Waals surface area contributed by atoms with Gasteiger partial charge >= 0.3 is 11.9 Å². The van der Waals surface area contributed by atoms with E-state index in [1.165, 1.54) is 24.2 Å². The van der Waals surface area contributed by atoms with E-state index >= 15 is 0 Å². The van der Waals surface area contributed by atoms with Crippen LogP contribution < -0.4 is 0 Å². The largest absolute Gasteiger partial charge is 0.478 e. The van der Waals surface area contributed by atoms with Gasteiger partial charge in [0.2, 0.25) is 0 Å². The first kappa shape index (κ1) is 18.4. The number of carbonyl (C=O) groups excluding carboxylic acids is 2. The van der Waals surface area contributed by atoms with Crippen molar-refractivity contribution in [2.45, 2.75) is 20.8 Å². The Balaban J connectivity index is 2.60. The number of rotatable bonds is 5. The fourth-order valence-corrected chi connectivity index (χ4v) is 2.79. The zero-order valence-corrected chi connectivity index (χ0v) is 14.7. The van der Waals surface area contributed by atoms with Crippen molar-refractivity contribution in [3.8, 4) is 0 Å². The lowest BCUT2D eigenvalue weighted by Crippen LogP contribution is -2.29. The van der Waals surface area contributed by atoms with E-state index in [0.29, 0.717) is 17.8 Å². The van der Waals surface area contributed by atoms with E-state index in [1.54, 1.807) is 25.1 Å². The lowest BCUT2D eigenvalue weighted by atomic mass is 10.0. The van der Waals surface area contributed by atoms with Crippen molar-refractivity contribution < 1.29 is 24.2 Å². The molecule has 1 aromatic carbocycles. The first-order valence-electron chi connectivity index (χ1n) is 7.93. The molecule has 0 unspecified atom stereocenters. The minimum absolute atomic E-state index is 0.0620. The Morgan fingerprint density at radius 1 is 1.28 bits per heavy atom. The Morgan fingerprint density at radius 2 is 1.92 bits per heavy atom. The molecule has 1 aliphatic heterocycles. The number of esters is 1. The van der Waals surface area contributed by atoms with Gasteiger partial charge in [-0.25, -0.2) is 9.59 Å². The Morgan fingerprint density at radius 3 is 2.48 bits per heavy atom. The second-order valence-corrected chi connectivity index (χ2v) is 6.21. The lowest BCUT2D eigenvalue weighted by molar-refractivity contribution is -0.136. The van der Waals surface area contributed by atoms with Crippen LogP contribution >= 0.6 is 0 Å². The number of carbonyl (C=O) groups is 3. The highest BCUT2D eigenvalue weighted by Gasteiger charge is 2.37. The van der Waals surface area contributed by atoms with E-state index in [2.05, 4.69) is 0 Å². The summed E-state index contributed by atoms with van der Waals surface area (Å²) in [6.07, 6.45) is 1.45. The Labute approximate surface area is 146 Å². The predicted octanol–water partition coefficient (Wildman–Crippen LogP) is 2.71. The number of ether oxygens (including phenoxy) is 1. The molecule has 0 aromatic heterocycles. The molecular formula is C19H21NO5. The molecule has 1 aliphatic rings. The van der Waals surface area contributed by atoms with Crippen LogP contribution in [-0.4, -0.2) is 41.5 Å². The topological polar surface area (TPSA) is 83.9 Å². The summed E-state index contributed by atoms with van der Waals surface area (Å²) < 4.78 is 4.82. The number of methoxy groups -OCH3 is 1. The Hall–Kier alpha value is -2.89. The molecule has 6 heteroatoms. The van der Waals surface area contributed by atoms with Gasteiger partial charge in [0.25, 0.3) is 5.91 Å². The fraction of sp³-hybridized carbons (Fsp3) is 0.316. The number of hydrogen-bond donors (Lipinski definition) is 1. The minimum Gasteiger partial charge on any atom is -0.478 e. The van der Waals surface area contributed by atoms with Crippen LogP contribution in [0.3, 0.4) is 0 Å². The Bertz CT molecular complexity index is 789. The van der Waals surface area contributed by atoms with Crippen LogP contribution in [0.1, 0.15) is 36.7 Å². The number of carboxylic acid groups (broad SMARTS) is 1. The van der Waals surface area contributed by atoms with Gasteiger partial charge in [-0.3, -0.25) is 4.79 Å². The van der Waals surface area contributed by atoms with Crippen molar-refractivity contribution in [3.05, 3.63) is 52.2 Å². The van der Waals surface area contributed by atoms with Crippen LogP contribution in [0.15, 0.2) is 41.1 Å². The fourth-order valence-electron chi connectivity index (χ4n) is 2.79. The first-order chi connectivity index (χ1) is 11.8. The van der Waals surface area contributed by atoms with Crippen molar-refractivity contribution >= 4 is 23.9 Å². The van der Waals surface area contributed by atoms with Crippen molar-refractivity contribution in [1.29, 1.82) is 0 Å². The molecule has 1 amide bonds. The molecule has 132 valence electrons. The molecule has 2 rings (SSSR count). The molecule has 0 atom stereocenters. The van der Waals surface area contributed by atoms with E-state index in [0.717, 1.165) is 0 Å². The second kappa shape index (κ2) is 7.34. The van der Waals surface area contributed by atoms with Gasteiger partial charge in [-0.15, -0.1) is 0 Å². The standard InChI is InChI=1S/C19H21NO5/c1-11(2)10-20-12(3)16(19(24)25-4)15(17(20)21)9-13-7-5-6-8-14(13)18(22)23/h5-9,11H,10H2,1-4H3,(H,22,23)/b15-9-. The van der Waals surface area contributed by atoms with Crippen LogP contribution in [0.5, 0.6) is 0 Å². The van der Waals surface area contributed by atoms with Gasteiger partial charge in [-0.2, -0.15) is 0 Å². The Kier molecular flexibility index (Phi) is 5.41. The average molecular weight is 343 g/mol. The maximum atomic E-state index is 12.8. The summed E-state index contributed by atoms with van der Waals surface area (Å²) in [6, 6.07) is 6.33. The van der Waals surface area contributed by atoms with Gasteiger partial charge < -0.3 is 14.7 Å². The molecule has 0 saturated carbocycles. The summed E-state index contributed by atoms with van der Waals surface area (Å²) in [4.78, 5) is 38.0. The number of carboxylic acids is 1. The van der Waals surface area contributed by atoms with Crippen molar-refractivity contribution in [2.24, 2.45) is 5.92 Å². The lowest BCUT2D eigenvalue weighted by Gasteiger charge is -2.19. The molecule has 0 bridgehead atoms. The average Bonchev–Trinajstić information content (AvgIpc) is 2.78. The summed E-state index contributed by atoms with van der Waals surface area (Å²) in [5.74, 6) is -1.83. The highest BCUT2D eigenvalue weighted by Crippen LogP contribution is 2.32. The van der Waals surface area contributed by atoms with E-state index in [4.69, 9.17) is 4.74 Å².